The predicted molar refractivity (Wildman–Crippen MR) is 129 cm³/mol. The maximum atomic E-state index is 14.6. The fourth-order valence-corrected chi connectivity index (χ4v) is 4.44. The number of carbonyl (C=O) groups excluding carboxylic acids is 1. The number of anilines is 3. The molecule has 0 spiro atoms. The third-order valence-corrected chi connectivity index (χ3v) is 6.18. The highest BCUT2D eigenvalue weighted by molar-refractivity contribution is 9.10. The topological polar surface area (TPSA) is 80.9 Å². The van der Waals surface area contributed by atoms with Crippen LogP contribution in [0.1, 0.15) is 21.5 Å². The van der Waals surface area contributed by atoms with E-state index >= 15 is 0 Å². The second kappa shape index (κ2) is 10.6. The number of methoxy groups -OCH3 is 1. The van der Waals surface area contributed by atoms with Gasteiger partial charge in [0.15, 0.2) is 0 Å². The van der Waals surface area contributed by atoms with Crippen LogP contribution in [0.4, 0.5) is 39.0 Å². The van der Waals surface area contributed by atoms with Gasteiger partial charge in [-0.15, -0.1) is 0 Å². The second-order valence-electron chi connectivity index (χ2n) is 7.93. The van der Waals surface area contributed by atoms with Gasteiger partial charge in [0.2, 0.25) is 5.88 Å². The Labute approximate surface area is 216 Å². The summed E-state index contributed by atoms with van der Waals surface area (Å²) in [7, 11) is 1.41. The first-order valence-electron chi connectivity index (χ1n) is 10.8. The van der Waals surface area contributed by atoms with Crippen LogP contribution in [0.25, 0.3) is 0 Å². The summed E-state index contributed by atoms with van der Waals surface area (Å²) in [4.78, 5) is 20.2. The molecule has 4 rings (SSSR count). The highest BCUT2D eigenvalue weighted by atomic mass is 79.9. The molecule has 13 heteroatoms. The third-order valence-electron chi connectivity index (χ3n) is 5.60. The zero-order valence-electron chi connectivity index (χ0n) is 19.3. The number of nitrogens with two attached hydrogens (primary N) is 1. The summed E-state index contributed by atoms with van der Waals surface area (Å²) in [6.07, 6.45) is -5.01. The summed E-state index contributed by atoms with van der Waals surface area (Å²) < 4.78 is 80.2. The van der Waals surface area contributed by atoms with Crippen molar-refractivity contribution < 1.29 is 36.2 Å². The van der Waals surface area contributed by atoms with E-state index in [1.165, 1.54) is 41.2 Å². The molecule has 3 aromatic rings. The van der Waals surface area contributed by atoms with E-state index in [0.29, 0.717) is 17.7 Å². The van der Waals surface area contributed by atoms with Gasteiger partial charge in [-0.25, -0.2) is 13.8 Å². The first kappa shape index (κ1) is 26.8. The van der Waals surface area contributed by atoms with Gasteiger partial charge in [-0.3, -0.25) is 9.69 Å². The summed E-state index contributed by atoms with van der Waals surface area (Å²) in [6.45, 7) is -0.0423. The number of hydrogen-bond donors (Lipinski definition) is 1. The smallest absolute Gasteiger partial charge is 0.419 e. The number of rotatable bonds is 7. The molecule has 0 aliphatic carbocycles. The van der Waals surface area contributed by atoms with Crippen LogP contribution in [0.3, 0.4) is 0 Å². The average Bonchev–Trinajstić information content (AvgIpc) is 2.84. The Bertz CT molecular complexity index is 1340. The SMILES string of the molecule is COc1ccc(N2CN(c3ccc(F)cc3COCCN)c3cc(C(F)(F)F)c(F)cc3C2=O)c(Br)n1. The number of carbonyl (C=O) groups is 1. The van der Waals surface area contributed by atoms with Crippen molar-refractivity contribution in [3.05, 3.63) is 75.4 Å². The molecule has 0 bridgehead atoms. The molecule has 1 amide bonds. The molecule has 0 unspecified atom stereocenters. The van der Waals surface area contributed by atoms with E-state index in [1.54, 1.807) is 0 Å². The molecule has 7 nitrogen and oxygen atoms in total. The molecule has 2 N–H and O–H groups in total. The van der Waals surface area contributed by atoms with E-state index in [9.17, 15) is 26.7 Å². The molecule has 1 aliphatic rings. The molecular formula is C24H20BrF5N4O3. The molecule has 0 atom stereocenters. The van der Waals surface area contributed by atoms with Gasteiger partial charge in [-0.2, -0.15) is 13.2 Å². The number of fused-ring (bicyclic) bond motifs is 1. The number of pyridine rings is 1. The van der Waals surface area contributed by atoms with Crippen molar-refractivity contribution in [2.24, 2.45) is 5.73 Å². The lowest BCUT2D eigenvalue weighted by Crippen LogP contribution is -2.45. The Kier molecular flexibility index (Phi) is 7.67. The summed E-state index contributed by atoms with van der Waals surface area (Å²) in [5, 5.41) is 0. The van der Waals surface area contributed by atoms with Crippen LogP contribution in [0.2, 0.25) is 0 Å². The molecular weight excluding hydrogens is 567 g/mol. The fraction of sp³-hybridized carbons (Fsp3) is 0.250. The highest BCUT2D eigenvalue weighted by Crippen LogP contribution is 2.43. The predicted octanol–water partition coefficient (Wildman–Crippen LogP) is 5.38. The normalized spacial score (nSPS) is 13.7. The van der Waals surface area contributed by atoms with Crippen LogP contribution in [-0.4, -0.2) is 37.8 Å². The molecule has 2 aromatic carbocycles. The zero-order valence-corrected chi connectivity index (χ0v) is 20.9. The fourth-order valence-electron chi connectivity index (χ4n) is 3.92. The van der Waals surface area contributed by atoms with E-state index in [4.69, 9.17) is 15.2 Å². The largest absolute Gasteiger partial charge is 0.481 e. The maximum absolute atomic E-state index is 14.6. The number of halogens is 6. The van der Waals surface area contributed by atoms with Crippen LogP contribution >= 0.6 is 15.9 Å². The average molecular weight is 587 g/mol. The maximum Gasteiger partial charge on any atom is 0.419 e. The number of amides is 1. The quantitative estimate of drug-likeness (QED) is 0.227. The first-order chi connectivity index (χ1) is 17.5. The van der Waals surface area contributed by atoms with Gasteiger partial charge in [0.05, 0.1) is 42.8 Å². The monoisotopic (exact) mass is 586 g/mol. The van der Waals surface area contributed by atoms with Gasteiger partial charge in [-0.1, -0.05) is 0 Å². The van der Waals surface area contributed by atoms with Crippen LogP contribution in [-0.2, 0) is 17.5 Å². The Morgan fingerprint density at radius 3 is 2.43 bits per heavy atom. The molecule has 0 saturated carbocycles. The van der Waals surface area contributed by atoms with Gasteiger partial charge in [0.1, 0.15) is 22.9 Å². The molecule has 2 heterocycles. The van der Waals surface area contributed by atoms with Crippen LogP contribution < -0.4 is 20.3 Å². The third kappa shape index (κ3) is 5.38. The van der Waals surface area contributed by atoms with Crippen molar-refractivity contribution in [2.75, 3.05) is 36.7 Å². The zero-order chi connectivity index (χ0) is 26.9. The Hall–Kier alpha value is -3.29. The van der Waals surface area contributed by atoms with Crippen LogP contribution in [0.5, 0.6) is 5.88 Å². The van der Waals surface area contributed by atoms with E-state index in [-0.39, 0.29) is 59.5 Å². The summed E-state index contributed by atoms with van der Waals surface area (Å²) in [5.41, 5.74) is 4.21. The lowest BCUT2D eigenvalue weighted by Gasteiger charge is -2.39. The number of benzene rings is 2. The number of ether oxygens (including phenoxy) is 2. The minimum Gasteiger partial charge on any atom is -0.481 e. The van der Waals surface area contributed by atoms with Crippen molar-refractivity contribution in [1.29, 1.82) is 0 Å². The van der Waals surface area contributed by atoms with Crippen molar-refractivity contribution in [2.45, 2.75) is 12.8 Å². The van der Waals surface area contributed by atoms with Crippen LogP contribution in [0.15, 0.2) is 47.1 Å². The Balaban J connectivity index is 1.91. The van der Waals surface area contributed by atoms with Crippen molar-refractivity contribution >= 4 is 38.9 Å². The number of hydrogen-bond acceptors (Lipinski definition) is 6. The molecule has 0 saturated heterocycles. The molecule has 0 radical (unpaired) electrons. The van der Waals surface area contributed by atoms with Gasteiger partial charge in [-0.05, 0) is 52.3 Å². The molecule has 196 valence electrons. The summed E-state index contributed by atoms with van der Waals surface area (Å²) >= 11 is 3.28. The minimum atomic E-state index is -5.01. The Morgan fingerprint density at radius 2 is 1.78 bits per heavy atom. The number of aromatic nitrogens is 1. The van der Waals surface area contributed by atoms with E-state index in [1.807, 2.05) is 0 Å². The standard InChI is InChI=1S/C24H20BrF5N4O3/c1-36-21-5-4-19(22(25)32-21)34-12-33(18-3-2-14(26)8-13(18)11-37-7-6-31)20-10-16(24(28,29)30)17(27)9-15(20)23(34)35/h2-5,8-10H,6-7,11-12,31H2,1H3. The van der Waals surface area contributed by atoms with Crippen molar-refractivity contribution in [3.63, 3.8) is 0 Å². The second-order valence-corrected chi connectivity index (χ2v) is 8.68. The molecule has 1 aromatic heterocycles. The number of alkyl halides is 3. The highest BCUT2D eigenvalue weighted by Gasteiger charge is 2.40. The summed E-state index contributed by atoms with van der Waals surface area (Å²) in [6, 6.07) is 7.80. The summed E-state index contributed by atoms with van der Waals surface area (Å²) in [5.74, 6) is -2.71. The van der Waals surface area contributed by atoms with Crippen molar-refractivity contribution in [1.82, 2.24) is 4.98 Å². The molecule has 0 fully saturated rings. The lowest BCUT2D eigenvalue weighted by atomic mass is 10.0. The Morgan fingerprint density at radius 1 is 1.05 bits per heavy atom. The van der Waals surface area contributed by atoms with E-state index < -0.39 is 29.3 Å². The molecule has 37 heavy (non-hydrogen) atoms. The minimum absolute atomic E-state index is 0.106. The van der Waals surface area contributed by atoms with Crippen molar-refractivity contribution in [3.8, 4) is 5.88 Å². The van der Waals surface area contributed by atoms with Gasteiger partial charge in [0, 0.05) is 23.9 Å². The van der Waals surface area contributed by atoms with Gasteiger partial charge in [0.25, 0.3) is 5.91 Å². The lowest BCUT2D eigenvalue weighted by molar-refractivity contribution is -0.139. The molecule has 1 aliphatic heterocycles. The number of nitrogens with zero attached hydrogens (tertiary/aromatic N) is 3. The van der Waals surface area contributed by atoms with E-state index in [2.05, 4.69) is 20.9 Å². The first-order valence-corrected chi connectivity index (χ1v) is 11.6. The van der Waals surface area contributed by atoms with Gasteiger partial charge >= 0.3 is 6.18 Å². The van der Waals surface area contributed by atoms with Gasteiger partial charge < -0.3 is 20.1 Å². The van der Waals surface area contributed by atoms with Crippen LogP contribution in [0, 0.1) is 11.6 Å². The van der Waals surface area contributed by atoms with E-state index in [0.717, 1.165) is 6.07 Å².